The van der Waals surface area contributed by atoms with Crippen molar-refractivity contribution in [3.05, 3.63) is 48.5 Å². The highest BCUT2D eigenvalue weighted by Crippen LogP contribution is 2.37. The van der Waals surface area contributed by atoms with E-state index < -0.39 is 16.1 Å². The molecule has 162 valence electrons. The summed E-state index contributed by atoms with van der Waals surface area (Å²) in [6, 6.07) is 16.3. The van der Waals surface area contributed by atoms with Gasteiger partial charge in [0.05, 0.1) is 18.9 Å². The Kier molecular flexibility index (Phi) is 5.68. The molecule has 0 saturated heterocycles. The molecule has 0 bridgehead atoms. The molecule has 0 amide bonds. The van der Waals surface area contributed by atoms with Gasteiger partial charge in [-0.15, -0.1) is 0 Å². The van der Waals surface area contributed by atoms with Gasteiger partial charge in [0, 0.05) is 34.4 Å². The summed E-state index contributed by atoms with van der Waals surface area (Å²) in [5.74, 6) is 0. The van der Waals surface area contributed by atoms with Crippen LogP contribution in [0.1, 0.15) is 39.5 Å². The summed E-state index contributed by atoms with van der Waals surface area (Å²) < 4.78 is 28.8. The van der Waals surface area contributed by atoms with Crippen molar-refractivity contribution in [1.29, 1.82) is 0 Å². The molecule has 5 nitrogen and oxygen atoms in total. The highest BCUT2D eigenvalue weighted by molar-refractivity contribution is 7.88. The smallest absolute Gasteiger partial charge is 0.211 e. The van der Waals surface area contributed by atoms with Gasteiger partial charge in [-0.25, -0.2) is 8.42 Å². The maximum Gasteiger partial charge on any atom is 0.211 e. The molecule has 0 aliphatic heterocycles. The van der Waals surface area contributed by atoms with Crippen LogP contribution in [-0.4, -0.2) is 47.3 Å². The van der Waals surface area contributed by atoms with Crippen LogP contribution in [0.15, 0.2) is 48.5 Å². The number of hydrogen-bond donors (Lipinski definition) is 1. The molecule has 0 spiro atoms. The minimum Gasteiger partial charge on any atom is -0.390 e. The minimum absolute atomic E-state index is 0.0270. The van der Waals surface area contributed by atoms with Crippen LogP contribution in [0.5, 0.6) is 0 Å². The first-order valence-electron chi connectivity index (χ1n) is 10.8. The molecule has 1 aliphatic rings. The van der Waals surface area contributed by atoms with Crippen molar-refractivity contribution in [1.82, 2.24) is 8.87 Å². The predicted octanol–water partition coefficient (Wildman–Crippen LogP) is 4.39. The Morgan fingerprint density at radius 3 is 2.03 bits per heavy atom. The number of rotatable bonds is 6. The first-order valence-corrected chi connectivity index (χ1v) is 12.6. The molecule has 30 heavy (non-hydrogen) atoms. The standard InChI is InChI=1S/C24H32N2O3S/c1-24(2)14-12-18(13-15-24)26(30(3,28)29)17-19(27)16-25-22-10-6-4-8-20(22)21-9-5-7-11-23(21)25/h4-11,18-19,27H,12-17H2,1-3H3. The van der Waals surface area contributed by atoms with E-state index in [0.29, 0.717) is 6.54 Å². The number of aromatic nitrogens is 1. The number of benzene rings is 2. The Labute approximate surface area is 179 Å². The number of fused-ring (bicyclic) bond motifs is 3. The molecule has 0 radical (unpaired) electrons. The Bertz CT molecular complexity index is 1090. The first kappa shape index (κ1) is 21.3. The Balaban J connectivity index is 1.59. The van der Waals surface area contributed by atoms with Crippen LogP contribution in [0.2, 0.25) is 0 Å². The molecule has 1 unspecified atom stereocenters. The van der Waals surface area contributed by atoms with Crippen molar-refractivity contribution in [3.8, 4) is 0 Å². The van der Waals surface area contributed by atoms with Gasteiger partial charge >= 0.3 is 0 Å². The van der Waals surface area contributed by atoms with E-state index >= 15 is 0 Å². The molecule has 3 aromatic rings. The maximum absolute atomic E-state index is 12.6. The van der Waals surface area contributed by atoms with Gasteiger partial charge in [0.15, 0.2) is 0 Å². The summed E-state index contributed by atoms with van der Waals surface area (Å²) in [5, 5.41) is 13.3. The molecule has 1 aliphatic carbocycles. The second kappa shape index (κ2) is 7.98. The van der Waals surface area contributed by atoms with Crippen molar-refractivity contribution in [2.75, 3.05) is 12.8 Å². The molecular weight excluding hydrogens is 396 g/mol. The molecule has 1 saturated carbocycles. The third-order valence-electron chi connectivity index (χ3n) is 6.61. The zero-order valence-corrected chi connectivity index (χ0v) is 18.9. The number of sulfonamides is 1. The van der Waals surface area contributed by atoms with Gasteiger partial charge in [0.1, 0.15) is 0 Å². The quantitative estimate of drug-likeness (QED) is 0.633. The summed E-state index contributed by atoms with van der Waals surface area (Å²) in [4.78, 5) is 0. The van der Waals surface area contributed by atoms with E-state index in [1.807, 2.05) is 24.3 Å². The zero-order valence-electron chi connectivity index (χ0n) is 18.1. The lowest BCUT2D eigenvalue weighted by Gasteiger charge is -2.39. The summed E-state index contributed by atoms with van der Waals surface area (Å²) in [5.41, 5.74) is 2.38. The van der Waals surface area contributed by atoms with Gasteiger partial charge in [-0.3, -0.25) is 0 Å². The third kappa shape index (κ3) is 4.27. The maximum atomic E-state index is 12.6. The van der Waals surface area contributed by atoms with Crippen molar-refractivity contribution in [2.45, 2.75) is 58.2 Å². The van der Waals surface area contributed by atoms with Crippen LogP contribution in [0.4, 0.5) is 0 Å². The number of hydrogen-bond acceptors (Lipinski definition) is 3. The van der Waals surface area contributed by atoms with E-state index in [1.54, 1.807) is 4.31 Å². The van der Waals surface area contributed by atoms with Crippen LogP contribution >= 0.6 is 0 Å². The van der Waals surface area contributed by atoms with Gasteiger partial charge in [-0.1, -0.05) is 50.2 Å². The lowest BCUT2D eigenvalue weighted by molar-refractivity contribution is 0.0948. The average Bonchev–Trinajstić information content (AvgIpc) is 3.00. The van der Waals surface area contributed by atoms with Gasteiger partial charge in [0.2, 0.25) is 10.0 Å². The topological polar surface area (TPSA) is 62.5 Å². The molecule has 1 atom stereocenters. The lowest BCUT2D eigenvalue weighted by Crippen LogP contribution is -2.47. The van der Waals surface area contributed by atoms with Crippen LogP contribution in [-0.2, 0) is 16.6 Å². The summed E-state index contributed by atoms with van der Waals surface area (Å²) in [7, 11) is -3.40. The average molecular weight is 429 g/mol. The fourth-order valence-corrected chi connectivity index (χ4v) is 6.10. The second-order valence-corrected chi connectivity index (χ2v) is 11.5. The second-order valence-electron chi connectivity index (χ2n) is 9.53. The monoisotopic (exact) mass is 428 g/mol. The van der Waals surface area contributed by atoms with Gasteiger partial charge in [-0.2, -0.15) is 4.31 Å². The fraction of sp³-hybridized carbons (Fsp3) is 0.500. The summed E-state index contributed by atoms with van der Waals surface area (Å²) in [6.07, 6.45) is 4.19. The van der Waals surface area contributed by atoms with E-state index in [4.69, 9.17) is 0 Å². The van der Waals surface area contributed by atoms with Crippen molar-refractivity contribution >= 4 is 31.8 Å². The predicted molar refractivity (Wildman–Crippen MR) is 123 cm³/mol. The number of aliphatic hydroxyl groups is 1. The normalized spacial score (nSPS) is 19.0. The Hall–Kier alpha value is -1.89. The first-order chi connectivity index (χ1) is 14.2. The van der Waals surface area contributed by atoms with E-state index in [2.05, 4.69) is 42.7 Å². The van der Waals surface area contributed by atoms with Crippen molar-refractivity contribution in [2.24, 2.45) is 5.41 Å². The Morgan fingerprint density at radius 2 is 1.53 bits per heavy atom. The fourth-order valence-electron chi connectivity index (χ4n) is 4.90. The summed E-state index contributed by atoms with van der Waals surface area (Å²) in [6.45, 7) is 4.97. The number of aliphatic hydroxyl groups excluding tert-OH is 1. The molecule has 1 N–H and O–H groups in total. The van der Waals surface area contributed by atoms with Crippen LogP contribution in [0.3, 0.4) is 0 Å². The molecule has 1 aromatic heterocycles. The minimum atomic E-state index is -3.40. The number of para-hydroxylation sites is 2. The van der Waals surface area contributed by atoms with E-state index in [0.717, 1.165) is 47.5 Å². The van der Waals surface area contributed by atoms with E-state index in [-0.39, 0.29) is 18.0 Å². The third-order valence-corrected chi connectivity index (χ3v) is 7.90. The molecule has 6 heteroatoms. The largest absolute Gasteiger partial charge is 0.390 e. The molecular formula is C24H32N2O3S. The highest BCUT2D eigenvalue weighted by atomic mass is 32.2. The zero-order chi connectivity index (χ0) is 21.5. The highest BCUT2D eigenvalue weighted by Gasteiger charge is 2.35. The van der Waals surface area contributed by atoms with E-state index in [1.165, 1.54) is 6.26 Å². The van der Waals surface area contributed by atoms with E-state index in [9.17, 15) is 13.5 Å². The molecule has 1 fully saturated rings. The van der Waals surface area contributed by atoms with Crippen molar-refractivity contribution in [3.63, 3.8) is 0 Å². The van der Waals surface area contributed by atoms with Crippen molar-refractivity contribution < 1.29 is 13.5 Å². The Morgan fingerprint density at radius 1 is 1.03 bits per heavy atom. The molecule has 4 rings (SSSR count). The van der Waals surface area contributed by atoms with Gasteiger partial charge < -0.3 is 9.67 Å². The van der Waals surface area contributed by atoms with Crippen LogP contribution < -0.4 is 0 Å². The van der Waals surface area contributed by atoms with Gasteiger partial charge in [-0.05, 0) is 43.2 Å². The molecule has 2 aromatic carbocycles. The molecule has 1 heterocycles. The SMILES string of the molecule is CC1(C)CCC(N(CC(O)Cn2c3ccccc3c3ccccc32)S(C)(=O)=O)CC1. The van der Waals surface area contributed by atoms with Crippen LogP contribution in [0, 0.1) is 5.41 Å². The van der Waals surface area contributed by atoms with Crippen LogP contribution in [0.25, 0.3) is 21.8 Å². The number of nitrogens with zero attached hydrogens (tertiary/aromatic N) is 2. The lowest BCUT2D eigenvalue weighted by atomic mass is 9.75. The summed E-state index contributed by atoms with van der Waals surface area (Å²) >= 11 is 0. The van der Waals surface area contributed by atoms with Gasteiger partial charge in [0.25, 0.3) is 0 Å².